The molecular formula is C28H28F2N6O. The molecule has 2 saturated heterocycles. The molecule has 4 aromatic rings. The van der Waals surface area contributed by atoms with Crippen molar-refractivity contribution in [2.24, 2.45) is 0 Å². The average molecular weight is 503 g/mol. The molecule has 37 heavy (non-hydrogen) atoms. The highest BCUT2D eigenvalue weighted by Gasteiger charge is 2.29. The molecule has 0 saturated carbocycles. The van der Waals surface area contributed by atoms with E-state index in [1.54, 1.807) is 16.9 Å². The largest absolute Gasteiger partial charge is 0.369 e. The number of nitrogens with one attached hydrogen (secondary N) is 2. The summed E-state index contributed by atoms with van der Waals surface area (Å²) in [5.74, 6) is -1.11. The number of nitrogens with zero attached hydrogens (tertiary/aromatic N) is 4. The Morgan fingerprint density at radius 1 is 0.973 bits per heavy atom. The van der Waals surface area contributed by atoms with E-state index >= 15 is 0 Å². The number of piperazine rings is 1. The van der Waals surface area contributed by atoms with Crippen LogP contribution in [0, 0.1) is 11.6 Å². The van der Waals surface area contributed by atoms with Gasteiger partial charge in [0.25, 0.3) is 5.91 Å². The van der Waals surface area contributed by atoms with Crippen LogP contribution in [0.5, 0.6) is 0 Å². The molecule has 4 heterocycles. The molecule has 0 unspecified atom stereocenters. The second kappa shape index (κ2) is 9.82. The van der Waals surface area contributed by atoms with Gasteiger partial charge in [0.05, 0.1) is 23.3 Å². The summed E-state index contributed by atoms with van der Waals surface area (Å²) in [5, 5.41) is 10.7. The van der Waals surface area contributed by atoms with Crippen LogP contribution in [0.2, 0.25) is 0 Å². The highest BCUT2D eigenvalue weighted by Crippen LogP contribution is 2.38. The smallest absolute Gasteiger partial charge is 0.259 e. The van der Waals surface area contributed by atoms with E-state index in [4.69, 9.17) is 0 Å². The lowest BCUT2D eigenvalue weighted by Gasteiger charge is -2.29. The Morgan fingerprint density at radius 3 is 2.59 bits per heavy atom. The molecule has 2 aromatic carbocycles. The normalized spacial score (nSPS) is 17.9. The highest BCUT2D eigenvalue weighted by atomic mass is 19.1. The van der Waals surface area contributed by atoms with Crippen molar-refractivity contribution in [3.05, 3.63) is 89.8 Å². The van der Waals surface area contributed by atoms with Crippen LogP contribution >= 0.6 is 0 Å². The highest BCUT2D eigenvalue weighted by molar-refractivity contribution is 6.09. The summed E-state index contributed by atoms with van der Waals surface area (Å²) < 4.78 is 30.1. The molecule has 6 rings (SSSR count). The van der Waals surface area contributed by atoms with Crippen LogP contribution in [-0.2, 0) is 0 Å². The van der Waals surface area contributed by atoms with E-state index in [0.717, 1.165) is 56.5 Å². The number of benzene rings is 2. The molecule has 9 heteroatoms. The second-order valence-electron chi connectivity index (χ2n) is 9.53. The third-order valence-corrected chi connectivity index (χ3v) is 7.26. The van der Waals surface area contributed by atoms with E-state index in [9.17, 15) is 13.6 Å². The standard InChI is InChI=1S/C28H28F2N6O/c29-19-3-8-25(30)23(16-19)26-2-1-12-35(26)22-9-13-36-27(17-22)24(18-32-36)28(37)33-20-4-6-21(7-5-20)34-14-10-31-11-15-34/h3-9,13,16-18,26,31H,1-2,10-12,14-15H2,(H,33,37)/t26-/m1/s1. The van der Waals surface area contributed by atoms with Gasteiger partial charge >= 0.3 is 0 Å². The maximum atomic E-state index is 14.6. The molecular weight excluding hydrogens is 474 g/mol. The first-order valence-corrected chi connectivity index (χ1v) is 12.6. The number of amides is 1. The monoisotopic (exact) mass is 502 g/mol. The molecule has 2 aromatic heterocycles. The summed E-state index contributed by atoms with van der Waals surface area (Å²) in [6.07, 6.45) is 4.93. The number of fused-ring (bicyclic) bond motifs is 1. The maximum absolute atomic E-state index is 14.6. The molecule has 190 valence electrons. The summed E-state index contributed by atoms with van der Waals surface area (Å²) in [7, 11) is 0. The number of rotatable bonds is 5. The molecule has 2 fully saturated rings. The van der Waals surface area contributed by atoms with Gasteiger partial charge in [0, 0.05) is 61.5 Å². The molecule has 0 radical (unpaired) electrons. The summed E-state index contributed by atoms with van der Waals surface area (Å²) >= 11 is 0. The molecule has 7 nitrogen and oxygen atoms in total. The van der Waals surface area contributed by atoms with Crippen molar-refractivity contribution in [1.29, 1.82) is 0 Å². The Balaban J connectivity index is 1.23. The zero-order chi connectivity index (χ0) is 25.4. The minimum Gasteiger partial charge on any atom is -0.369 e. The van der Waals surface area contributed by atoms with E-state index < -0.39 is 11.6 Å². The third kappa shape index (κ3) is 4.62. The van der Waals surface area contributed by atoms with Gasteiger partial charge in [0.15, 0.2) is 0 Å². The van der Waals surface area contributed by atoms with Gasteiger partial charge in [0.1, 0.15) is 11.6 Å². The van der Waals surface area contributed by atoms with E-state index in [1.807, 2.05) is 36.4 Å². The molecule has 0 spiro atoms. The van der Waals surface area contributed by atoms with Crippen molar-refractivity contribution in [2.45, 2.75) is 18.9 Å². The van der Waals surface area contributed by atoms with Gasteiger partial charge in [-0.1, -0.05) is 0 Å². The number of pyridine rings is 1. The van der Waals surface area contributed by atoms with Gasteiger partial charge < -0.3 is 20.4 Å². The van der Waals surface area contributed by atoms with Gasteiger partial charge in [-0.3, -0.25) is 4.79 Å². The van der Waals surface area contributed by atoms with E-state index in [0.29, 0.717) is 28.9 Å². The van der Waals surface area contributed by atoms with Crippen molar-refractivity contribution < 1.29 is 13.6 Å². The fraction of sp³-hybridized carbons (Fsp3) is 0.286. The molecule has 1 amide bonds. The summed E-state index contributed by atoms with van der Waals surface area (Å²) in [6.45, 7) is 4.56. The van der Waals surface area contributed by atoms with E-state index in [2.05, 4.69) is 25.5 Å². The fourth-order valence-corrected chi connectivity index (χ4v) is 5.37. The number of carbonyl (C=O) groups is 1. The predicted octanol–water partition coefficient (Wildman–Crippen LogP) is 4.62. The number of hydrogen-bond acceptors (Lipinski definition) is 5. The topological polar surface area (TPSA) is 64.9 Å². The Bertz CT molecular complexity index is 1430. The number of anilines is 3. The van der Waals surface area contributed by atoms with Gasteiger partial charge in [0.2, 0.25) is 0 Å². The zero-order valence-electron chi connectivity index (χ0n) is 20.3. The molecule has 2 aliphatic rings. The van der Waals surface area contributed by atoms with Gasteiger partial charge in [-0.25, -0.2) is 13.3 Å². The van der Waals surface area contributed by atoms with Gasteiger partial charge in [-0.2, -0.15) is 5.10 Å². The molecule has 0 aliphatic carbocycles. The first kappa shape index (κ1) is 23.4. The van der Waals surface area contributed by atoms with Crippen LogP contribution in [-0.4, -0.2) is 48.2 Å². The van der Waals surface area contributed by atoms with Crippen molar-refractivity contribution >= 4 is 28.5 Å². The van der Waals surface area contributed by atoms with E-state index in [1.165, 1.54) is 12.1 Å². The quantitative estimate of drug-likeness (QED) is 0.417. The van der Waals surface area contributed by atoms with Crippen molar-refractivity contribution in [2.75, 3.05) is 47.8 Å². The number of aromatic nitrogens is 2. The van der Waals surface area contributed by atoms with Crippen LogP contribution in [0.15, 0.2) is 67.0 Å². The van der Waals surface area contributed by atoms with Crippen LogP contribution < -0.4 is 20.4 Å². The lowest BCUT2D eigenvalue weighted by molar-refractivity contribution is 0.102. The predicted molar refractivity (Wildman–Crippen MR) is 140 cm³/mol. The van der Waals surface area contributed by atoms with Crippen LogP contribution in [0.1, 0.15) is 34.8 Å². The number of carbonyl (C=O) groups excluding carboxylic acids is 1. The second-order valence-corrected chi connectivity index (χ2v) is 9.53. The molecule has 0 bridgehead atoms. The lowest BCUT2D eigenvalue weighted by atomic mass is 10.0. The SMILES string of the molecule is O=C(Nc1ccc(N2CCNCC2)cc1)c1cnn2ccc(N3CCC[C@@H]3c3cc(F)ccc3F)cc12. The Labute approximate surface area is 213 Å². The first-order chi connectivity index (χ1) is 18.1. The zero-order valence-corrected chi connectivity index (χ0v) is 20.3. The lowest BCUT2D eigenvalue weighted by Crippen LogP contribution is -2.43. The Hall–Kier alpha value is -3.98. The van der Waals surface area contributed by atoms with Crippen LogP contribution in [0.3, 0.4) is 0 Å². The van der Waals surface area contributed by atoms with E-state index in [-0.39, 0.29) is 11.9 Å². The maximum Gasteiger partial charge on any atom is 0.259 e. The summed E-state index contributed by atoms with van der Waals surface area (Å²) in [5.41, 5.74) is 4.14. The minimum absolute atomic E-state index is 0.254. The minimum atomic E-state index is -0.450. The number of halogens is 2. The van der Waals surface area contributed by atoms with Crippen molar-refractivity contribution in [3.8, 4) is 0 Å². The Morgan fingerprint density at radius 2 is 1.78 bits per heavy atom. The molecule has 2 N–H and O–H groups in total. The van der Waals surface area contributed by atoms with Crippen molar-refractivity contribution in [3.63, 3.8) is 0 Å². The number of hydrogen-bond donors (Lipinski definition) is 2. The first-order valence-electron chi connectivity index (χ1n) is 12.6. The summed E-state index contributed by atoms with van der Waals surface area (Å²) in [6, 6.07) is 15.0. The van der Waals surface area contributed by atoms with Crippen LogP contribution in [0.4, 0.5) is 25.8 Å². The van der Waals surface area contributed by atoms with Gasteiger partial charge in [-0.05, 0) is 67.4 Å². The van der Waals surface area contributed by atoms with Gasteiger partial charge in [-0.15, -0.1) is 0 Å². The van der Waals surface area contributed by atoms with Crippen LogP contribution in [0.25, 0.3) is 5.52 Å². The fourth-order valence-electron chi connectivity index (χ4n) is 5.37. The third-order valence-electron chi connectivity index (χ3n) is 7.26. The van der Waals surface area contributed by atoms with Crippen molar-refractivity contribution in [1.82, 2.24) is 14.9 Å². The molecule has 1 atom stereocenters. The Kier molecular flexibility index (Phi) is 6.21. The average Bonchev–Trinajstić information content (AvgIpc) is 3.58. The molecule has 2 aliphatic heterocycles. The summed E-state index contributed by atoms with van der Waals surface area (Å²) in [4.78, 5) is 17.6.